The SMILES string of the molecule is CN=C(NCCCc1c(C)noc1C)Nc1ccc2c(c1)OCCCO2.I. The number of nitrogens with one attached hydrogen (secondary N) is 2. The first-order valence-electron chi connectivity index (χ1n) is 8.96. The summed E-state index contributed by atoms with van der Waals surface area (Å²) in [4.78, 5) is 4.28. The van der Waals surface area contributed by atoms with E-state index in [1.807, 2.05) is 32.0 Å². The van der Waals surface area contributed by atoms with Gasteiger partial charge in [-0.05, 0) is 38.8 Å². The lowest BCUT2D eigenvalue weighted by molar-refractivity contribution is 0.297. The molecular formula is C19H27IN4O3. The summed E-state index contributed by atoms with van der Waals surface area (Å²) in [6.07, 6.45) is 2.78. The van der Waals surface area contributed by atoms with Gasteiger partial charge in [-0.1, -0.05) is 5.16 Å². The fourth-order valence-corrected chi connectivity index (χ4v) is 2.89. The van der Waals surface area contributed by atoms with Crippen LogP contribution in [0.2, 0.25) is 0 Å². The van der Waals surface area contributed by atoms with E-state index in [1.54, 1.807) is 7.05 Å². The van der Waals surface area contributed by atoms with E-state index in [0.29, 0.717) is 13.2 Å². The van der Waals surface area contributed by atoms with Gasteiger partial charge in [-0.3, -0.25) is 4.99 Å². The summed E-state index contributed by atoms with van der Waals surface area (Å²) >= 11 is 0. The number of anilines is 1. The summed E-state index contributed by atoms with van der Waals surface area (Å²) in [5.41, 5.74) is 3.07. The zero-order valence-electron chi connectivity index (χ0n) is 16.0. The van der Waals surface area contributed by atoms with E-state index in [0.717, 1.165) is 60.4 Å². The molecule has 0 atom stereocenters. The second kappa shape index (κ2) is 10.4. The van der Waals surface area contributed by atoms with Gasteiger partial charge in [0.15, 0.2) is 17.5 Å². The summed E-state index contributed by atoms with van der Waals surface area (Å²) in [6, 6.07) is 5.83. The maximum Gasteiger partial charge on any atom is 0.195 e. The van der Waals surface area contributed by atoms with Gasteiger partial charge in [0, 0.05) is 37.3 Å². The smallest absolute Gasteiger partial charge is 0.195 e. The van der Waals surface area contributed by atoms with Crippen molar-refractivity contribution < 1.29 is 14.0 Å². The van der Waals surface area contributed by atoms with Gasteiger partial charge >= 0.3 is 0 Å². The summed E-state index contributed by atoms with van der Waals surface area (Å²) in [6.45, 7) is 6.09. The molecule has 1 aromatic carbocycles. The number of rotatable bonds is 5. The molecule has 0 saturated carbocycles. The topological polar surface area (TPSA) is 80.9 Å². The number of guanidine groups is 1. The van der Waals surface area contributed by atoms with Gasteiger partial charge in [0.2, 0.25) is 0 Å². The third-order valence-corrected chi connectivity index (χ3v) is 4.31. The molecule has 2 heterocycles. The largest absolute Gasteiger partial charge is 0.490 e. The molecule has 0 spiro atoms. The van der Waals surface area contributed by atoms with Crippen LogP contribution in [0.5, 0.6) is 11.5 Å². The van der Waals surface area contributed by atoms with Crippen LogP contribution in [0.1, 0.15) is 29.9 Å². The van der Waals surface area contributed by atoms with Crippen molar-refractivity contribution >= 4 is 35.6 Å². The fourth-order valence-electron chi connectivity index (χ4n) is 2.89. The molecule has 3 rings (SSSR count). The number of aromatic nitrogens is 1. The lowest BCUT2D eigenvalue weighted by atomic mass is 10.1. The van der Waals surface area contributed by atoms with E-state index in [-0.39, 0.29) is 24.0 Å². The number of benzene rings is 1. The van der Waals surface area contributed by atoms with Crippen LogP contribution in [0, 0.1) is 13.8 Å². The van der Waals surface area contributed by atoms with Crippen molar-refractivity contribution in [3.63, 3.8) is 0 Å². The van der Waals surface area contributed by atoms with Gasteiger partial charge in [0.1, 0.15) is 5.76 Å². The van der Waals surface area contributed by atoms with Crippen LogP contribution in [0.3, 0.4) is 0 Å². The van der Waals surface area contributed by atoms with Crippen LogP contribution < -0.4 is 20.1 Å². The highest BCUT2D eigenvalue weighted by atomic mass is 127. The van der Waals surface area contributed by atoms with Gasteiger partial charge < -0.3 is 24.6 Å². The summed E-state index contributed by atoms with van der Waals surface area (Å²) in [5.74, 6) is 3.17. The number of aliphatic imine (C=N–C) groups is 1. The lowest BCUT2D eigenvalue weighted by Crippen LogP contribution is -2.31. The molecular weight excluding hydrogens is 459 g/mol. The van der Waals surface area contributed by atoms with Gasteiger partial charge in [-0.2, -0.15) is 0 Å². The number of nitrogens with zero attached hydrogens (tertiary/aromatic N) is 2. The predicted octanol–water partition coefficient (Wildman–Crippen LogP) is 3.69. The summed E-state index contributed by atoms with van der Waals surface area (Å²) < 4.78 is 16.6. The molecule has 27 heavy (non-hydrogen) atoms. The third kappa shape index (κ3) is 5.75. The molecule has 0 aliphatic carbocycles. The van der Waals surface area contributed by atoms with E-state index >= 15 is 0 Å². The van der Waals surface area contributed by atoms with Gasteiger partial charge in [0.25, 0.3) is 0 Å². The van der Waals surface area contributed by atoms with E-state index in [2.05, 4.69) is 20.8 Å². The highest BCUT2D eigenvalue weighted by Gasteiger charge is 2.12. The van der Waals surface area contributed by atoms with Crippen LogP contribution in [0.25, 0.3) is 0 Å². The molecule has 1 aliphatic rings. The van der Waals surface area contributed by atoms with Crippen molar-refractivity contribution in [2.75, 3.05) is 32.1 Å². The van der Waals surface area contributed by atoms with Crippen molar-refractivity contribution in [3.8, 4) is 11.5 Å². The quantitative estimate of drug-likeness (QED) is 0.291. The second-order valence-corrected chi connectivity index (χ2v) is 6.24. The minimum absolute atomic E-state index is 0. The highest BCUT2D eigenvalue weighted by molar-refractivity contribution is 14.0. The van der Waals surface area contributed by atoms with Crippen molar-refractivity contribution in [2.45, 2.75) is 33.1 Å². The van der Waals surface area contributed by atoms with E-state index < -0.39 is 0 Å². The van der Waals surface area contributed by atoms with E-state index in [4.69, 9.17) is 14.0 Å². The Morgan fingerprint density at radius 2 is 1.96 bits per heavy atom. The van der Waals surface area contributed by atoms with Crippen LogP contribution in [-0.2, 0) is 6.42 Å². The number of fused-ring (bicyclic) bond motifs is 1. The fraction of sp³-hybridized carbons (Fsp3) is 0.474. The molecule has 1 aliphatic heterocycles. The number of ether oxygens (including phenoxy) is 2. The Balaban J connectivity index is 0.00000261. The molecule has 0 radical (unpaired) electrons. The average molecular weight is 486 g/mol. The van der Waals surface area contributed by atoms with Crippen molar-refractivity contribution in [1.82, 2.24) is 10.5 Å². The molecule has 0 bridgehead atoms. The molecule has 0 unspecified atom stereocenters. The van der Waals surface area contributed by atoms with Gasteiger partial charge in [-0.15, -0.1) is 24.0 Å². The van der Waals surface area contributed by atoms with Crippen molar-refractivity contribution in [3.05, 3.63) is 35.2 Å². The maximum absolute atomic E-state index is 5.73. The standard InChI is InChI=1S/C19H26N4O3.HI/c1-13-16(14(2)26-23-13)6-4-9-21-19(20-3)22-15-7-8-17-18(12-15)25-11-5-10-24-17;/h7-8,12H,4-6,9-11H2,1-3H3,(H2,20,21,22);1H. The Bertz CT molecular complexity index is 757. The molecule has 2 aromatic rings. The molecule has 0 saturated heterocycles. The molecule has 8 heteroatoms. The van der Waals surface area contributed by atoms with Crippen molar-refractivity contribution in [2.24, 2.45) is 4.99 Å². The number of hydrogen-bond acceptors (Lipinski definition) is 5. The second-order valence-electron chi connectivity index (χ2n) is 6.24. The van der Waals surface area contributed by atoms with Gasteiger partial charge in [-0.25, -0.2) is 0 Å². The van der Waals surface area contributed by atoms with Crippen LogP contribution in [0.4, 0.5) is 5.69 Å². The van der Waals surface area contributed by atoms with Crippen LogP contribution in [-0.4, -0.2) is 37.9 Å². The Morgan fingerprint density at radius 1 is 1.19 bits per heavy atom. The Hall–Kier alpha value is -1.97. The number of halogens is 1. The highest BCUT2D eigenvalue weighted by Crippen LogP contribution is 2.32. The molecule has 0 fully saturated rings. The monoisotopic (exact) mass is 486 g/mol. The number of hydrogen-bond donors (Lipinski definition) is 2. The molecule has 0 amide bonds. The van der Waals surface area contributed by atoms with Crippen molar-refractivity contribution in [1.29, 1.82) is 0 Å². The number of aryl methyl sites for hydroxylation is 2. The Labute approximate surface area is 176 Å². The first kappa shape index (κ1) is 21.3. The van der Waals surface area contributed by atoms with Crippen LogP contribution >= 0.6 is 24.0 Å². The Morgan fingerprint density at radius 3 is 2.67 bits per heavy atom. The molecule has 148 valence electrons. The Kier molecular flexibility index (Phi) is 8.21. The first-order valence-corrected chi connectivity index (χ1v) is 8.96. The lowest BCUT2D eigenvalue weighted by Gasteiger charge is -2.14. The molecule has 1 aromatic heterocycles. The zero-order valence-corrected chi connectivity index (χ0v) is 18.3. The minimum atomic E-state index is 0. The third-order valence-electron chi connectivity index (χ3n) is 4.31. The van der Waals surface area contributed by atoms with E-state index in [9.17, 15) is 0 Å². The molecule has 7 nitrogen and oxygen atoms in total. The zero-order chi connectivity index (χ0) is 18.4. The molecule has 2 N–H and O–H groups in total. The minimum Gasteiger partial charge on any atom is -0.490 e. The van der Waals surface area contributed by atoms with Crippen LogP contribution in [0.15, 0.2) is 27.7 Å². The van der Waals surface area contributed by atoms with Gasteiger partial charge in [0.05, 0.1) is 18.9 Å². The normalized spacial score (nSPS) is 13.5. The predicted molar refractivity (Wildman–Crippen MR) is 117 cm³/mol. The van der Waals surface area contributed by atoms with E-state index in [1.165, 1.54) is 5.56 Å². The maximum atomic E-state index is 5.73. The first-order chi connectivity index (χ1) is 12.7. The summed E-state index contributed by atoms with van der Waals surface area (Å²) in [7, 11) is 1.76. The summed E-state index contributed by atoms with van der Waals surface area (Å²) in [5, 5.41) is 10.6. The average Bonchev–Trinajstić information content (AvgIpc) is 2.84.